The van der Waals surface area contributed by atoms with Gasteiger partial charge in [-0.2, -0.15) is 5.10 Å². The first kappa shape index (κ1) is 19.0. The Morgan fingerprint density at radius 3 is 2.69 bits per heavy atom. The molecule has 0 bridgehead atoms. The quantitative estimate of drug-likeness (QED) is 0.704. The summed E-state index contributed by atoms with van der Waals surface area (Å²) in [6, 6.07) is 9.52. The molecule has 1 aliphatic heterocycles. The zero-order valence-corrected chi connectivity index (χ0v) is 16.4. The number of H-pyrrole nitrogens is 1. The number of aromatic amines is 1. The number of aromatic nitrogens is 4. The number of hydrogen-bond donors (Lipinski definition) is 2. The molecule has 150 valence electrons. The zero-order chi connectivity index (χ0) is 20.4. The molecular weight excluding hydrogens is 371 g/mol. The van der Waals surface area contributed by atoms with Crippen LogP contribution in [0.4, 0.5) is 16.0 Å². The summed E-state index contributed by atoms with van der Waals surface area (Å²) < 4.78 is 13.2. The molecule has 1 amide bonds. The van der Waals surface area contributed by atoms with Gasteiger partial charge in [0.15, 0.2) is 5.82 Å². The van der Waals surface area contributed by atoms with Crippen LogP contribution >= 0.6 is 0 Å². The predicted octanol–water partition coefficient (Wildman–Crippen LogP) is 3.72. The first-order valence-electron chi connectivity index (χ1n) is 9.67. The van der Waals surface area contributed by atoms with E-state index in [0.29, 0.717) is 36.1 Å². The number of rotatable bonds is 4. The number of aryl methyl sites for hydroxylation is 2. The van der Waals surface area contributed by atoms with Crippen LogP contribution in [0.3, 0.4) is 0 Å². The van der Waals surface area contributed by atoms with E-state index in [2.05, 4.69) is 25.5 Å². The fraction of sp³-hybridized carbons (Fsp3) is 0.333. The van der Waals surface area contributed by atoms with E-state index in [0.717, 1.165) is 24.2 Å². The second-order valence-electron chi connectivity index (χ2n) is 7.38. The number of nitrogens with zero attached hydrogens (tertiary/aromatic N) is 4. The number of piperidine rings is 1. The molecule has 1 aliphatic rings. The summed E-state index contributed by atoms with van der Waals surface area (Å²) in [7, 11) is 0. The van der Waals surface area contributed by atoms with Crippen molar-refractivity contribution < 1.29 is 9.18 Å². The largest absolute Gasteiger partial charge is 0.338 e. The van der Waals surface area contributed by atoms with Gasteiger partial charge < -0.3 is 10.2 Å². The lowest BCUT2D eigenvalue weighted by atomic mass is 9.94. The summed E-state index contributed by atoms with van der Waals surface area (Å²) in [5.41, 5.74) is 2.37. The van der Waals surface area contributed by atoms with Gasteiger partial charge in [-0.3, -0.25) is 9.89 Å². The molecule has 7 nitrogen and oxygen atoms in total. The minimum Gasteiger partial charge on any atom is -0.338 e. The molecule has 8 heteroatoms. The summed E-state index contributed by atoms with van der Waals surface area (Å²) in [5, 5.41) is 10.3. The molecule has 2 N–H and O–H groups in total. The average Bonchev–Trinajstić information content (AvgIpc) is 3.12. The molecule has 0 spiro atoms. The first-order valence-corrected chi connectivity index (χ1v) is 9.67. The van der Waals surface area contributed by atoms with Gasteiger partial charge in [-0.15, -0.1) is 0 Å². The number of nitrogens with one attached hydrogen (secondary N) is 2. The van der Waals surface area contributed by atoms with E-state index in [1.807, 2.05) is 30.9 Å². The van der Waals surface area contributed by atoms with Crippen molar-refractivity contribution in [3.8, 4) is 0 Å². The predicted molar refractivity (Wildman–Crippen MR) is 108 cm³/mol. The smallest absolute Gasteiger partial charge is 0.253 e. The number of amides is 1. The number of likely N-dealkylation sites (tertiary alicyclic amines) is 1. The summed E-state index contributed by atoms with van der Waals surface area (Å²) in [4.78, 5) is 23.7. The monoisotopic (exact) mass is 394 g/mol. The summed E-state index contributed by atoms with van der Waals surface area (Å²) >= 11 is 0. The molecule has 1 atom stereocenters. The van der Waals surface area contributed by atoms with E-state index in [9.17, 15) is 9.18 Å². The van der Waals surface area contributed by atoms with Crippen LogP contribution in [-0.4, -0.2) is 44.1 Å². The summed E-state index contributed by atoms with van der Waals surface area (Å²) in [6.07, 6.45) is 1.84. The molecule has 3 heterocycles. The van der Waals surface area contributed by atoms with Gasteiger partial charge in [-0.1, -0.05) is 0 Å². The maximum atomic E-state index is 13.2. The Bertz CT molecular complexity index is 1020. The number of anilines is 2. The maximum absolute atomic E-state index is 13.2. The summed E-state index contributed by atoms with van der Waals surface area (Å²) in [6.45, 7) is 5.06. The molecule has 29 heavy (non-hydrogen) atoms. The van der Waals surface area contributed by atoms with Gasteiger partial charge in [0, 0.05) is 42.4 Å². The van der Waals surface area contributed by atoms with Gasteiger partial charge in [-0.05, 0) is 51.0 Å². The second-order valence-corrected chi connectivity index (χ2v) is 7.38. The van der Waals surface area contributed by atoms with Crippen molar-refractivity contribution in [2.45, 2.75) is 32.6 Å². The standard InChI is InChI=1S/C21H23FN6O/c1-13-10-20(27-26-13)25-19-11-18(23-14(2)24-19)16-4-3-9-28(12-16)21(29)15-5-7-17(22)8-6-15/h5-8,10-11,16H,3-4,9,12H2,1-2H3,(H2,23,24,25,26,27). The molecule has 1 fully saturated rings. The van der Waals surface area contributed by atoms with Crippen LogP contribution in [-0.2, 0) is 0 Å². The zero-order valence-electron chi connectivity index (χ0n) is 16.4. The minimum atomic E-state index is -0.346. The third-order valence-corrected chi connectivity index (χ3v) is 5.04. The van der Waals surface area contributed by atoms with E-state index >= 15 is 0 Å². The molecule has 2 aromatic heterocycles. The van der Waals surface area contributed by atoms with Gasteiger partial charge in [0.1, 0.15) is 17.5 Å². The van der Waals surface area contributed by atoms with E-state index in [1.54, 1.807) is 0 Å². The van der Waals surface area contributed by atoms with Crippen molar-refractivity contribution in [2.24, 2.45) is 0 Å². The average molecular weight is 394 g/mol. The number of halogens is 1. The number of carbonyl (C=O) groups excluding carboxylic acids is 1. The Morgan fingerprint density at radius 1 is 1.17 bits per heavy atom. The van der Waals surface area contributed by atoms with Crippen LogP contribution in [0.2, 0.25) is 0 Å². The lowest BCUT2D eigenvalue weighted by Crippen LogP contribution is -2.39. The van der Waals surface area contributed by atoms with Crippen LogP contribution < -0.4 is 5.32 Å². The van der Waals surface area contributed by atoms with Crippen molar-refractivity contribution in [1.29, 1.82) is 0 Å². The number of hydrogen-bond acceptors (Lipinski definition) is 5. The van der Waals surface area contributed by atoms with Crippen LogP contribution in [0, 0.1) is 19.7 Å². The van der Waals surface area contributed by atoms with E-state index in [-0.39, 0.29) is 17.6 Å². The third-order valence-electron chi connectivity index (χ3n) is 5.04. The molecule has 1 unspecified atom stereocenters. The SMILES string of the molecule is Cc1nc(Nc2cc(C)[nH]n2)cc(C2CCCN(C(=O)c3ccc(F)cc3)C2)n1. The number of benzene rings is 1. The fourth-order valence-corrected chi connectivity index (χ4v) is 3.66. The minimum absolute atomic E-state index is 0.0779. The number of carbonyl (C=O) groups is 1. The molecule has 1 aromatic carbocycles. The normalized spacial score (nSPS) is 16.7. The summed E-state index contributed by atoms with van der Waals surface area (Å²) in [5.74, 6) is 1.74. The van der Waals surface area contributed by atoms with Crippen LogP contribution in [0.5, 0.6) is 0 Å². The van der Waals surface area contributed by atoms with Gasteiger partial charge in [0.25, 0.3) is 5.91 Å². The molecule has 0 saturated carbocycles. The van der Waals surface area contributed by atoms with Crippen LogP contribution in [0.25, 0.3) is 0 Å². The Kier molecular flexibility index (Phi) is 5.24. The molecule has 0 aliphatic carbocycles. The van der Waals surface area contributed by atoms with Gasteiger partial charge in [-0.25, -0.2) is 14.4 Å². The topological polar surface area (TPSA) is 86.8 Å². The lowest BCUT2D eigenvalue weighted by Gasteiger charge is -2.32. The molecule has 3 aromatic rings. The van der Waals surface area contributed by atoms with Crippen molar-refractivity contribution in [3.63, 3.8) is 0 Å². The Balaban J connectivity index is 1.51. The fourth-order valence-electron chi connectivity index (χ4n) is 3.66. The van der Waals surface area contributed by atoms with Crippen LogP contribution in [0.1, 0.15) is 46.3 Å². The highest BCUT2D eigenvalue weighted by Crippen LogP contribution is 2.28. The lowest BCUT2D eigenvalue weighted by molar-refractivity contribution is 0.0706. The third kappa shape index (κ3) is 4.42. The van der Waals surface area contributed by atoms with E-state index in [4.69, 9.17) is 0 Å². The highest BCUT2D eigenvalue weighted by atomic mass is 19.1. The molecule has 1 saturated heterocycles. The maximum Gasteiger partial charge on any atom is 0.253 e. The highest BCUT2D eigenvalue weighted by molar-refractivity contribution is 5.94. The first-order chi connectivity index (χ1) is 14.0. The van der Waals surface area contributed by atoms with Crippen molar-refractivity contribution in [3.05, 3.63) is 65.0 Å². The van der Waals surface area contributed by atoms with Crippen LogP contribution in [0.15, 0.2) is 36.4 Å². The van der Waals surface area contributed by atoms with E-state index < -0.39 is 0 Å². The molecular formula is C21H23FN6O. The Morgan fingerprint density at radius 2 is 1.97 bits per heavy atom. The highest BCUT2D eigenvalue weighted by Gasteiger charge is 2.27. The van der Waals surface area contributed by atoms with Crippen molar-refractivity contribution in [1.82, 2.24) is 25.1 Å². The van der Waals surface area contributed by atoms with E-state index in [1.165, 1.54) is 24.3 Å². The van der Waals surface area contributed by atoms with Gasteiger partial charge in [0.05, 0.1) is 5.69 Å². The molecule has 4 rings (SSSR count). The van der Waals surface area contributed by atoms with Gasteiger partial charge in [0.2, 0.25) is 0 Å². The Hall–Kier alpha value is -3.29. The van der Waals surface area contributed by atoms with Crippen molar-refractivity contribution >= 4 is 17.5 Å². The van der Waals surface area contributed by atoms with Crippen molar-refractivity contribution in [2.75, 3.05) is 18.4 Å². The van der Waals surface area contributed by atoms with Gasteiger partial charge >= 0.3 is 0 Å². The Labute approximate surface area is 168 Å². The molecule has 0 radical (unpaired) electrons. The second kappa shape index (κ2) is 7.98.